The van der Waals surface area contributed by atoms with E-state index in [9.17, 15) is 9.50 Å². The molecule has 2 N–H and O–H groups in total. The van der Waals surface area contributed by atoms with Gasteiger partial charge in [0.2, 0.25) is 0 Å². The van der Waals surface area contributed by atoms with Gasteiger partial charge in [-0.25, -0.2) is 4.39 Å². The molecule has 1 fully saturated rings. The monoisotopic (exact) mass is 266 g/mol. The van der Waals surface area contributed by atoms with Gasteiger partial charge in [0.25, 0.3) is 0 Å². The van der Waals surface area contributed by atoms with E-state index in [4.69, 9.17) is 0 Å². The molecule has 1 aromatic rings. The molecule has 1 aliphatic heterocycles. The molecule has 1 saturated heterocycles. The van der Waals surface area contributed by atoms with Gasteiger partial charge in [-0.3, -0.25) is 4.90 Å². The first kappa shape index (κ1) is 14.3. The third-order valence-corrected chi connectivity index (χ3v) is 3.93. The minimum atomic E-state index is -0.391. The summed E-state index contributed by atoms with van der Waals surface area (Å²) >= 11 is 0. The Hall–Kier alpha value is -1.13. The fraction of sp³-hybridized carbons (Fsp3) is 0.600. The fourth-order valence-corrected chi connectivity index (χ4v) is 2.92. The van der Waals surface area contributed by atoms with Gasteiger partial charge in [0, 0.05) is 30.3 Å². The molecule has 0 amide bonds. The Morgan fingerprint density at radius 2 is 2.32 bits per heavy atom. The van der Waals surface area contributed by atoms with Crippen molar-refractivity contribution in [2.75, 3.05) is 19.6 Å². The highest BCUT2D eigenvalue weighted by Crippen LogP contribution is 2.31. The number of hydrogen-bond acceptors (Lipinski definition) is 3. The van der Waals surface area contributed by atoms with E-state index in [2.05, 4.69) is 24.1 Å². The number of phenols is 1. The fourth-order valence-electron chi connectivity index (χ4n) is 2.92. The molecule has 1 heterocycles. The smallest absolute Gasteiger partial charge is 0.126 e. The Morgan fingerprint density at radius 3 is 2.89 bits per heavy atom. The van der Waals surface area contributed by atoms with E-state index in [-0.39, 0.29) is 11.8 Å². The average Bonchev–Trinajstić information content (AvgIpc) is 2.89. The van der Waals surface area contributed by atoms with Crippen LogP contribution in [0.1, 0.15) is 38.3 Å². The van der Waals surface area contributed by atoms with Gasteiger partial charge in [-0.15, -0.1) is 0 Å². The molecule has 3 nitrogen and oxygen atoms in total. The van der Waals surface area contributed by atoms with Crippen molar-refractivity contribution < 1.29 is 9.50 Å². The second-order valence-electron chi connectivity index (χ2n) is 5.26. The van der Waals surface area contributed by atoms with Gasteiger partial charge in [-0.2, -0.15) is 0 Å². The minimum absolute atomic E-state index is 0.0551. The molecule has 2 unspecified atom stereocenters. The third-order valence-electron chi connectivity index (χ3n) is 3.93. The number of hydrogen-bond donors (Lipinski definition) is 2. The van der Waals surface area contributed by atoms with Crippen LogP contribution in [0.25, 0.3) is 0 Å². The molecule has 0 aromatic heterocycles. The first-order chi connectivity index (χ1) is 9.13. The second-order valence-corrected chi connectivity index (χ2v) is 5.26. The van der Waals surface area contributed by atoms with Crippen LogP contribution in [0.15, 0.2) is 18.2 Å². The number of nitrogens with zero attached hydrogens (tertiary/aromatic N) is 1. The highest BCUT2D eigenvalue weighted by Gasteiger charge is 2.27. The van der Waals surface area contributed by atoms with Crippen LogP contribution in [0, 0.1) is 5.82 Å². The van der Waals surface area contributed by atoms with E-state index in [1.165, 1.54) is 12.1 Å². The standard InChI is InChI=1S/C15H23FN2O/c1-3-8-18(13-6-7-17-10-13)11(2)14-5-4-12(16)9-15(14)19/h4-5,9,11,13,17,19H,3,6-8,10H2,1-2H3. The van der Waals surface area contributed by atoms with Gasteiger partial charge in [-0.1, -0.05) is 13.0 Å². The summed E-state index contributed by atoms with van der Waals surface area (Å²) in [6.45, 7) is 7.27. The lowest BCUT2D eigenvalue weighted by Crippen LogP contribution is -2.39. The normalized spacial score (nSPS) is 20.9. The van der Waals surface area contributed by atoms with Gasteiger partial charge in [0.05, 0.1) is 0 Å². The molecule has 1 aromatic carbocycles. The summed E-state index contributed by atoms with van der Waals surface area (Å²) < 4.78 is 13.1. The lowest BCUT2D eigenvalue weighted by Gasteiger charge is -2.34. The zero-order chi connectivity index (χ0) is 13.8. The summed E-state index contributed by atoms with van der Waals surface area (Å²) in [6, 6.07) is 4.91. The maximum Gasteiger partial charge on any atom is 0.126 e. The Bertz CT molecular complexity index is 419. The van der Waals surface area contributed by atoms with E-state index < -0.39 is 5.82 Å². The predicted molar refractivity (Wildman–Crippen MR) is 74.8 cm³/mol. The SMILES string of the molecule is CCCN(C1CCNC1)C(C)c1ccc(F)cc1O. The molecule has 1 aliphatic rings. The Morgan fingerprint density at radius 1 is 1.53 bits per heavy atom. The summed E-state index contributed by atoms with van der Waals surface area (Å²) in [5.74, 6) is -0.336. The van der Waals surface area contributed by atoms with Crippen LogP contribution in [0.4, 0.5) is 4.39 Å². The molecule has 106 valence electrons. The zero-order valence-electron chi connectivity index (χ0n) is 11.7. The van der Waals surface area contributed by atoms with Crippen molar-refractivity contribution in [3.63, 3.8) is 0 Å². The van der Waals surface area contributed by atoms with Gasteiger partial charge >= 0.3 is 0 Å². The van der Waals surface area contributed by atoms with E-state index in [0.717, 1.165) is 38.0 Å². The molecular weight excluding hydrogens is 243 g/mol. The van der Waals surface area contributed by atoms with Gasteiger partial charge in [0.1, 0.15) is 11.6 Å². The van der Waals surface area contributed by atoms with Crippen LogP contribution in [-0.4, -0.2) is 35.7 Å². The number of aromatic hydroxyl groups is 1. The number of rotatable bonds is 5. The Kier molecular flexibility index (Phi) is 4.77. The van der Waals surface area contributed by atoms with Crippen molar-refractivity contribution in [1.82, 2.24) is 10.2 Å². The van der Waals surface area contributed by atoms with Crippen LogP contribution >= 0.6 is 0 Å². The largest absolute Gasteiger partial charge is 0.508 e. The molecule has 0 radical (unpaired) electrons. The summed E-state index contributed by atoms with van der Waals surface area (Å²) in [6.07, 6.45) is 2.20. The van der Waals surface area contributed by atoms with Crippen molar-refractivity contribution in [1.29, 1.82) is 0 Å². The van der Waals surface area contributed by atoms with Crippen molar-refractivity contribution >= 4 is 0 Å². The van der Waals surface area contributed by atoms with E-state index in [1.54, 1.807) is 6.07 Å². The molecule has 0 aliphatic carbocycles. The maximum absolute atomic E-state index is 13.1. The average molecular weight is 266 g/mol. The number of phenolic OH excluding ortho intramolecular Hbond substituents is 1. The van der Waals surface area contributed by atoms with E-state index in [1.807, 2.05) is 0 Å². The molecule has 0 spiro atoms. The van der Waals surface area contributed by atoms with E-state index >= 15 is 0 Å². The first-order valence-electron chi connectivity index (χ1n) is 7.08. The summed E-state index contributed by atoms with van der Waals surface area (Å²) in [4.78, 5) is 2.41. The topological polar surface area (TPSA) is 35.5 Å². The Balaban J connectivity index is 2.19. The highest BCUT2D eigenvalue weighted by atomic mass is 19.1. The van der Waals surface area contributed by atoms with Crippen LogP contribution in [0.2, 0.25) is 0 Å². The van der Waals surface area contributed by atoms with Crippen LogP contribution < -0.4 is 5.32 Å². The molecular formula is C15H23FN2O. The lowest BCUT2D eigenvalue weighted by molar-refractivity contribution is 0.151. The summed E-state index contributed by atoms with van der Waals surface area (Å²) in [5.41, 5.74) is 0.807. The minimum Gasteiger partial charge on any atom is -0.508 e. The van der Waals surface area contributed by atoms with Crippen molar-refractivity contribution in [2.24, 2.45) is 0 Å². The van der Waals surface area contributed by atoms with Crippen molar-refractivity contribution in [3.8, 4) is 5.75 Å². The number of nitrogens with one attached hydrogen (secondary N) is 1. The van der Waals surface area contributed by atoms with Crippen molar-refractivity contribution in [3.05, 3.63) is 29.6 Å². The van der Waals surface area contributed by atoms with Crippen molar-refractivity contribution in [2.45, 2.75) is 38.8 Å². The lowest BCUT2D eigenvalue weighted by atomic mass is 10.0. The second kappa shape index (κ2) is 6.35. The van der Waals surface area contributed by atoms with Crippen LogP contribution in [0.3, 0.4) is 0 Å². The Labute approximate surface area is 114 Å². The van der Waals surface area contributed by atoms with Gasteiger partial charge < -0.3 is 10.4 Å². The summed E-state index contributed by atoms with van der Waals surface area (Å²) in [5, 5.41) is 13.3. The third kappa shape index (κ3) is 3.25. The van der Waals surface area contributed by atoms with Crippen LogP contribution in [0.5, 0.6) is 5.75 Å². The van der Waals surface area contributed by atoms with E-state index in [0.29, 0.717) is 6.04 Å². The van der Waals surface area contributed by atoms with Gasteiger partial charge in [-0.05, 0) is 38.9 Å². The summed E-state index contributed by atoms with van der Waals surface area (Å²) in [7, 11) is 0. The molecule has 19 heavy (non-hydrogen) atoms. The predicted octanol–water partition coefficient (Wildman–Crippen LogP) is 2.67. The first-order valence-corrected chi connectivity index (χ1v) is 7.08. The maximum atomic E-state index is 13.1. The molecule has 0 saturated carbocycles. The van der Waals surface area contributed by atoms with Crippen LogP contribution in [-0.2, 0) is 0 Å². The molecule has 2 atom stereocenters. The molecule has 0 bridgehead atoms. The highest BCUT2D eigenvalue weighted by molar-refractivity contribution is 5.35. The quantitative estimate of drug-likeness (QED) is 0.860. The number of halogens is 1. The molecule has 4 heteroatoms. The zero-order valence-corrected chi connectivity index (χ0v) is 11.7. The van der Waals surface area contributed by atoms with Gasteiger partial charge in [0.15, 0.2) is 0 Å². The number of benzene rings is 1. The molecule has 2 rings (SSSR count).